The highest BCUT2D eigenvalue weighted by atomic mass is 35.5. The predicted molar refractivity (Wildman–Crippen MR) is 54.6 cm³/mol. The monoisotopic (exact) mass is 216 g/mol. The topological polar surface area (TPSA) is 44.1 Å². The first kappa shape index (κ1) is 11.2. The van der Waals surface area contributed by atoms with Gasteiger partial charge in [0.1, 0.15) is 17.7 Å². The molecule has 0 amide bonds. The summed E-state index contributed by atoms with van der Waals surface area (Å²) in [7, 11) is 1.53. The molecule has 0 atom stereocenters. The van der Waals surface area contributed by atoms with Crippen LogP contribution in [-0.2, 0) is 11.5 Å². The minimum atomic E-state index is -0.185. The number of nitrogens with zero attached hydrogens (tertiary/aromatic N) is 2. The van der Waals surface area contributed by atoms with E-state index in [0.29, 0.717) is 5.82 Å². The van der Waals surface area contributed by atoms with Crippen LogP contribution in [0.1, 0.15) is 25.6 Å². The molecular weight excluding hydrogens is 204 g/mol. The average molecular weight is 217 g/mol. The van der Waals surface area contributed by atoms with Gasteiger partial charge < -0.3 is 4.74 Å². The van der Waals surface area contributed by atoms with Crippen molar-refractivity contribution in [3.63, 3.8) is 0 Å². The summed E-state index contributed by atoms with van der Waals surface area (Å²) in [6, 6.07) is 1.28. The van der Waals surface area contributed by atoms with Crippen LogP contribution in [-0.4, -0.2) is 16.7 Å². The molecule has 1 heterocycles. The number of aromatic nitrogens is 2. The Balaban J connectivity index is 3.29. The molecular formula is C9H13ClN2O2. The Labute approximate surface area is 87.5 Å². The quantitative estimate of drug-likeness (QED) is 0.722. The minimum absolute atomic E-state index is 0.136. The van der Waals surface area contributed by atoms with Crippen LogP contribution in [0, 0.1) is 0 Å². The van der Waals surface area contributed by atoms with Gasteiger partial charge in [0.05, 0.1) is 0 Å². The molecule has 0 unspecified atom stereocenters. The number of hydrogen-bond donors (Lipinski definition) is 0. The highest BCUT2D eigenvalue weighted by Crippen LogP contribution is 2.12. The molecule has 0 radical (unpaired) electrons. The van der Waals surface area contributed by atoms with Crippen LogP contribution in [0.5, 0.6) is 0 Å². The Bertz CT molecular complexity index is 374. The third-order valence-electron chi connectivity index (χ3n) is 1.78. The molecule has 0 fully saturated rings. The lowest BCUT2D eigenvalue weighted by Crippen LogP contribution is -2.25. The van der Waals surface area contributed by atoms with E-state index in [-0.39, 0.29) is 23.4 Å². The van der Waals surface area contributed by atoms with Crippen molar-refractivity contribution in [3.05, 3.63) is 27.4 Å². The number of hydrogen-bond acceptors (Lipinski definition) is 3. The second-order valence-electron chi connectivity index (χ2n) is 3.28. The summed E-state index contributed by atoms with van der Waals surface area (Å²) in [4.78, 5) is 15.6. The fourth-order valence-corrected chi connectivity index (χ4v) is 1.37. The molecule has 0 aliphatic heterocycles. The summed E-state index contributed by atoms with van der Waals surface area (Å²) in [6.07, 6.45) is 0. The summed E-state index contributed by atoms with van der Waals surface area (Å²) < 4.78 is 6.39. The van der Waals surface area contributed by atoms with E-state index in [1.54, 1.807) is 0 Å². The van der Waals surface area contributed by atoms with Crippen molar-refractivity contribution in [2.45, 2.75) is 26.5 Å². The normalized spacial score (nSPS) is 10.9. The van der Waals surface area contributed by atoms with Gasteiger partial charge in [-0.25, -0.2) is 4.98 Å². The molecule has 0 saturated heterocycles. The SMILES string of the molecule is COCn1c(C(C)C)nc(Cl)cc1=O. The maximum Gasteiger partial charge on any atom is 0.256 e. The van der Waals surface area contributed by atoms with Gasteiger partial charge in [0.2, 0.25) is 0 Å². The van der Waals surface area contributed by atoms with Gasteiger partial charge >= 0.3 is 0 Å². The molecule has 78 valence electrons. The lowest BCUT2D eigenvalue weighted by Gasteiger charge is -2.13. The average Bonchev–Trinajstić information content (AvgIpc) is 2.09. The molecule has 0 bridgehead atoms. The molecule has 0 N–H and O–H groups in total. The van der Waals surface area contributed by atoms with Gasteiger partial charge in [-0.05, 0) is 0 Å². The molecule has 1 rings (SSSR count). The van der Waals surface area contributed by atoms with Gasteiger partial charge in [-0.2, -0.15) is 0 Å². The Kier molecular flexibility index (Phi) is 3.66. The highest BCUT2D eigenvalue weighted by Gasteiger charge is 2.10. The molecule has 0 aromatic carbocycles. The van der Waals surface area contributed by atoms with Gasteiger partial charge in [0, 0.05) is 19.1 Å². The third kappa shape index (κ3) is 2.33. The van der Waals surface area contributed by atoms with E-state index in [1.807, 2.05) is 13.8 Å². The fraction of sp³-hybridized carbons (Fsp3) is 0.556. The van der Waals surface area contributed by atoms with Crippen molar-refractivity contribution in [1.29, 1.82) is 0 Å². The molecule has 4 nitrogen and oxygen atoms in total. The van der Waals surface area contributed by atoms with E-state index in [9.17, 15) is 4.79 Å². The summed E-state index contributed by atoms with van der Waals surface area (Å²) >= 11 is 5.70. The number of halogens is 1. The third-order valence-corrected chi connectivity index (χ3v) is 1.97. The van der Waals surface area contributed by atoms with Gasteiger partial charge in [-0.1, -0.05) is 25.4 Å². The molecule has 0 saturated carbocycles. The van der Waals surface area contributed by atoms with E-state index >= 15 is 0 Å². The molecule has 0 spiro atoms. The van der Waals surface area contributed by atoms with Crippen LogP contribution in [0.4, 0.5) is 0 Å². The molecule has 14 heavy (non-hydrogen) atoms. The van der Waals surface area contributed by atoms with Crippen LogP contribution in [0.25, 0.3) is 0 Å². The standard InChI is InChI=1S/C9H13ClN2O2/c1-6(2)9-11-7(10)4-8(13)12(9)5-14-3/h4,6H,5H2,1-3H3. The first-order valence-corrected chi connectivity index (χ1v) is 4.70. The minimum Gasteiger partial charge on any atom is -0.364 e. The Hall–Kier alpha value is -0.870. The summed E-state index contributed by atoms with van der Waals surface area (Å²) in [5.41, 5.74) is -0.185. The molecule has 5 heteroatoms. The Morgan fingerprint density at radius 3 is 2.79 bits per heavy atom. The molecule has 1 aromatic rings. The predicted octanol–water partition coefficient (Wildman–Crippen LogP) is 1.62. The summed E-state index contributed by atoms with van der Waals surface area (Å²) in [6.45, 7) is 4.10. The van der Waals surface area contributed by atoms with Crippen molar-refractivity contribution < 1.29 is 4.74 Å². The number of methoxy groups -OCH3 is 1. The highest BCUT2D eigenvalue weighted by molar-refractivity contribution is 6.29. The molecule has 0 aliphatic carbocycles. The van der Waals surface area contributed by atoms with Crippen LogP contribution in [0.3, 0.4) is 0 Å². The number of rotatable bonds is 3. The van der Waals surface area contributed by atoms with E-state index in [0.717, 1.165) is 0 Å². The zero-order valence-corrected chi connectivity index (χ0v) is 9.21. The Morgan fingerprint density at radius 2 is 2.29 bits per heavy atom. The zero-order chi connectivity index (χ0) is 10.7. The van der Waals surface area contributed by atoms with Crippen molar-refractivity contribution in [1.82, 2.24) is 9.55 Å². The molecule has 1 aromatic heterocycles. The van der Waals surface area contributed by atoms with Crippen LogP contribution < -0.4 is 5.56 Å². The van der Waals surface area contributed by atoms with Crippen LogP contribution >= 0.6 is 11.6 Å². The van der Waals surface area contributed by atoms with Crippen molar-refractivity contribution >= 4 is 11.6 Å². The van der Waals surface area contributed by atoms with E-state index in [4.69, 9.17) is 16.3 Å². The first-order valence-electron chi connectivity index (χ1n) is 4.32. The second-order valence-corrected chi connectivity index (χ2v) is 3.66. The van der Waals surface area contributed by atoms with Crippen molar-refractivity contribution in [2.75, 3.05) is 7.11 Å². The van der Waals surface area contributed by atoms with Gasteiger partial charge in [-0.15, -0.1) is 0 Å². The van der Waals surface area contributed by atoms with Crippen molar-refractivity contribution in [2.24, 2.45) is 0 Å². The lowest BCUT2D eigenvalue weighted by molar-refractivity contribution is 0.123. The van der Waals surface area contributed by atoms with E-state index in [2.05, 4.69) is 4.98 Å². The van der Waals surface area contributed by atoms with Crippen LogP contribution in [0.15, 0.2) is 10.9 Å². The largest absolute Gasteiger partial charge is 0.364 e. The lowest BCUT2D eigenvalue weighted by atomic mass is 10.2. The second kappa shape index (κ2) is 4.57. The Morgan fingerprint density at radius 1 is 1.64 bits per heavy atom. The van der Waals surface area contributed by atoms with Crippen molar-refractivity contribution in [3.8, 4) is 0 Å². The maximum absolute atomic E-state index is 11.5. The number of ether oxygens (including phenoxy) is 1. The maximum atomic E-state index is 11.5. The van der Waals surface area contributed by atoms with E-state index in [1.165, 1.54) is 17.7 Å². The van der Waals surface area contributed by atoms with Crippen LogP contribution in [0.2, 0.25) is 5.15 Å². The van der Waals surface area contributed by atoms with Gasteiger partial charge in [0.25, 0.3) is 5.56 Å². The fourth-order valence-electron chi connectivity index (χ4n) is 1.19. The summed E-state index contributed by atoms with van der Waals surface area (Å²) in [5, 5.41) is 0.228. The zero-order valence-electron chi connectivity index (χ0n) is 8.45. The molecule has 0 aliphatic rings. The van der Waals surface area contributed by atoms with Gasteiger partial charge in [0.15, 0.2) is 0 Å². The van der Waals surface area contributed by atoms with E-state index < -0.39 is 0 Å². The summed E-state index contributed by atoms with van der Waals surface area (Å²) in [5.74, 6) is 0.779. The first-order chi connectivity index (χ1) is 6.56. The smallest absolute Gasteiger partial charge is 0.256 e. The van der Waals surface area contributed by atoms with Gasteiger partial charge in [-0.3, -0.25) is 9.36 Å².